The highest BCUT2D eigenvalue weighted by atomic mass is 19.1. The van der Waals surface area contributed by atoms with Crippen molar-refractivity contribution in [3.8, 4) is 12.3 Å². The fourth-order valence-corrected chi connectivity index (χ4v) is 1.36. The van der Waals surface area contributed by atoms with E-state index in [2.05, 4.69) is 11.2 Å². The minimum absolute atomic E-state index is 0.158. The first-order valence-corrected chi connectivity index (χ1v) is 5.19. The van der Waals surface area contributed by atoms with E-state index in [1.807, 2.05) is 0 Å². The number of carboxylic acids is 1. The molecule has 1 rings (SSSR count). The number of nitrogens with one attached hydrogen (secondary N) is 1. The van der Waals surface area contributed by atoms with E-state index in [4.69, 9.17) is 11.5 Å². The monoisotopic (exact) mass is 249 g/mol. The van der Waals surface area contributed by atoms with Crippen molar-refractivity contribution >= 4 is 11.9 Å². The lowest BCUT2D eigenvalue weighted by Gasteiger charge is -2.12. The molecule has 5 heteroatoms. The number of terminal acetylenes is 1. The Labute approximate surface area is 104 Å². The van der Waals surface area contributed by atoms with Crippen LogP contribution in [-0.4, -0.2) is 23.0 Å². The molecule has 0 aliphatic carbocycles. The summed E-state index contributed by atoms with van der Waals surface area (Å²) >= 11 is 0. The van der Waals surface area contributed by atoms with Crippen LogP contribution in [0.5, 0.6) is 0 Å². The Bertz CT molecular complexity index is 519. The molecule has 18 heavy (non-hydrogen) atoms. The van der Waals surface area contributed by atoms with E-state index in [0.717, 1.165) is 0 Å². The molecule has 0 aromatic heterocycles. The zero-order valence-corrected chi connectivity index (χ0v) is 9.74. The third-order valence-corrected chi connectivity index (χ3v) is 2.29. The van der Waals surface area contributed by atoms with E-state index in [9.17, 15) is 14.0 Å². The van der Waals surface area contributed by atoms with E-state index in [1.54, 1.807) is 13.0 Å². The van der Waals surface area contributed by atoms with Crippen LogP contribution in [0.25, 0.3) is 0 Å². The summed E-state index contributed by atoms with van der Waals surface area (Å²) in [4.78, 5) is 22.5. The number of rotatable bonds is 4. The van der Waals surface area contributed by atoms with Crippen molar-refractivity contribution in [1.82, 2.24) is 5.32 Å². The van der Waals surface area contributed by atoms with E-state index in [1.165, 1.54) is 12.1 Å². The third kappa shape index (κ3) is 3.32. The maximum absolute atomic E-state index is 13.5. The van der Waals surface area contributed by atoms with Crippen molar-refractivity contribution in [2.45, 2.75) is 19.4 Å². The van der Waals surface area contributed by atoms with Gasteiger partial charge in [-0.3, -0.25) is 4.79 Å². The minimum Gasteiger partial charge on any atom is -0.480 e. The molecule has 2 N–H and O–H groups in total. The molecule has 0 bridgehead atoms. The molecule has 94 valence electrons. The molecule has 0 radical (unpaired) electrons. The second kappa shape index (κ2) is 5.82. The normalized spacial score (nSPS) is 11.4. The third-order valence-electron chi connectivity index (χ3n) is 2.29. The number of aryl methyl sites for hydroxylation is 1. The Balaban J connectivity index is 2.87. The predicted molar refractivity (Wildman–Crippen MR) is 63.5 cm³/mol. The van der Waals surface area contributed by atoms with Crippen LogP contribution in [-0.2, 0) is 4.79 Å². The van der Waals surface area contributed by atoms with Gasteiger partial charge < -0.3 is 10.4 Å². The molecule has 1 amide bonds. The lowest BCUT2D eigenvalue weighted by molar-refractivity contribution is -0.139. The Morgan fingerprint density at radius 1 is 1.56 bits per heavy atom. The number of aliphatic carboxylic acids is 1. The van der Waals surface area contributed by atoms with Gasteiger partial charge in [-0.1, -0.05) is 6.07 Å². The first kappa shape index (κ1) is 13.7. The van der Waals surface area contributed by atoms with E-state index in [-0.39, 0.29) is 12.0 Å². The molecule has 1 aromatic carbocycles. The first-order chi connectivity index (χ1) is 8.45. The van der Waals surface area contributed by atoms with Crippen molar-refractivity contribution < 1.29 is 19.1 Å². The number of carbonyl (C=O) groups excluding carboxylic acids is 1. The number of hydrogen-bond donors (Lipinski definition) is 2. The average molecular weight is 249 g/mol. The molecule has 0 saturated heterocycles. The Kier molecular flexibility index (Phi) is 4.44. The SMILES string of the molecule is C#CCC(NC(=O)c1ccc(C)cc1F)C(=O)O. The van der Waals surface area contributed by atoms with Crippen molar-refractivity contribution in [1.29, 1.82) is 0 Å². The second-order valence-electron chi connectivity index (χ2n) is 3.76. The van der Waals surface area contributed by atoms with Gasteiger partial charge in [-0.05, 0) is 24.6 Å². The number of hydrogen-bond acceptors (Lipinski definition) is 2. The molecule has 0 heterocycles. The largest absolute Gasteiger partial charge is 0.480 e. The number of amides is 1. The summed E-state index contributed by atoms with van der Waals surface area (Å²) in [5.74, 6) is -0.608. The Morgan fingerprint density at radius 3 is 2.72 bits per heavy atom. The number of carbonyl (C=O) groups is 2. The van der Waals surface area contributed by atoms with Crippen LogP contribution in [0.4, 0.5) is 4.39 Å². The lowest BCUT2D eigenvalue weighted by atomic mass is 10.1. The maximum Gasteiger partial charge on any atom is 0.327 e. The van der Waals surface area contributed by atoms with Gasteiger partial charge in [-0.15, -0.1) is 12.3 Å². The van der Waals surface area contributed by atoms with Crippen molar-refractivity contribution in [2.24, 2.45) is 0 Å². The van der Waals surface area contributed by atoms with E-state index < -0.39 is 23.7 Å². The average Bonchev–Trinajstić information content (AvgIpc) is 2.27. The van der Waals surface area contributed by atoms with Gasteiger partial charge in [0.15, 0.2) is 0 Å². The number of benzene rings is 1. The molecule has 0 fully saturated rings. The van der Waals surface area contributed by atoms with Gasteiger partial charge in [0, 0.05) is 6.42 Å². The summed E-state index contributed by atoms with van der Waals surface area (Å²) in [6, 6.07) is 2.85. The summed E-state index contributed by atoms with van der Waals surface area (Å²) in [5, 5.41) is 11.0. The fraction of sp³-hybridized carbons (Fsp3) is 0.231. The second-order valence-corrected chi connectivity index (χ2v) is 3.76. The van der Waals surface area contributed by atoms with Crippen molar-refractivity contribution in [3.63, 3.8) is 0 Å². The molecule has 0 saturated carbocycles. The van der Waals surface area contributed by atoms with Gasteiger partial charge in [-0.2, -0.15) is 0 Å². The highest BCUT2D eigenvalue weighted by molar-refractivity contribution is 5.96. The smallest absolute Gasteiger partial charge is 0.327 e. The number of carboxylic acid groups (broad SMARTS) is 1. The van der Waals surface area contributed by atoms with Gasteiger partial charge in [0.05, 0.1) is 5.56 Å². The van der Waals surface area contributed by atoms with Crippen LogP contribution in [0.3, 0.4) is 0 Å². The van der Waals surface area contributed by atoms with Gasteiger partial charge >= 0.3 is 5.97 Å². The molecular formula is C13H12FNO3. The van der Waals surface area contributed by atoms with Gasteiger partial charge in [0.1, 0.15) is 11.9 Å². The Hall–Kier alpha value is -2.35. The molecular weight excluding hydrogens is 237 g/mol. The number of halogens is 1. The van der Waals surface area contributed by atoms with Crippen LogP contribution in [0, 0.1) is 25.1 Å². The minimum atomic E-state index is -1.26. The topological polar surface area (TPSA) is 66.4 Å². The molecule has 1 aromatic rings. The molecule has 4 nitrogen and oxygen atoms in total. The zero-order valence-electron chi connectivity index (χ0n) is 9.74. The first-order valence-electron chi connectivity index (χ1n) is 5.19. The molecule has 0 spiro atoms. The molecule has 1 atom stereocenters. The standard InChI is InChI=1S/C13H12FNO3/c1-3-4-11(13(17)18)15-12(16)9-6-5-8(2)7-10(9)14/h1,5-7,11H,4H2,2H3,(H,15,16)(H,17,18). The van der Waals surface area contributed by atoms with Crippen molar-refractivity contribution in [2.75, 3.05) is 0 Å². The highest BCUT2D eigenvalue weighted by Crippen LogP contribution is 2.10. The summed E-state index contributed by atoms with van der Waals surface area (Å²) < 4.78 is 13.5. The van der Waals surface area contributed by atoms with Gasteiger partial charge in [0.2, 0.25) is 0 Å². The predicted octanol–water partition coefficient (Wildman–Crippen LogP) is 1.34. The van der Waals surface area contributed by atoms with Gasteiger partial charge in [0.25, 0.3) is 5.91 Å². The van der Waals surface area contributed by atoms with Crippen LogP contribution in [0.15, 0.2) is 18.2 Å². The summed E-state index contributed by atoms with van der Waals surface area (Å²) in [5.41, 5.74) is 0.464. The summed E-state index contributed by atoms with van der Waals surface area (Å²) in [6.07, 6.45) is 4.83. The summed E-state index contributed by atoms with van der Waals surface area (Å²) in [6.45, 7) is 1.68. The lowest BCUT2D eigenvalue weighted by Crippen LogP contribution is -2.40. The van der Waals surface area contributed by atoms with E-state index in [0.29, 0.717) is 5.56 Å². The Morgan fingerprint density at radius 2 is 2.22 bits per heavy atom. The van der Waals surface area contributed by atoms with Crippen LogP contribution in [0.1, 0.15) is 22.3 Å². The molecule has 1 unspecified atom stereocenters. The fourth-order valence-electron chi connectivity index (χ4n) is 1.36. The summed E-state index contributed by atoms with van der Waals surface area (Å²) in [7, 11) is 0. The van der Waals surface area contributed by atoms with Gasteiger partial charge in [-0.25, -0.2) is 9.18 Å². The molecule has 0 aliphatic rings. The zero-order chi connectivity index (χ0) is 13.7. The van der Waals surface area contributed by atoms with Crippen LogP contribution >= 0.6 is 0 Å². The van der Waals surface area contributed by atoms with E-state index >= 15 is 0 Å². The van der Waals surface area contributed by atoms with Crippen LogP contribution < -0.4 is 5.32 Å². The quantitative estimate of drug-likeness (QED) is 0.791. The van der Waals surface area contributed by atoms with Crippen molar-refractivity contribution in [3.05, 3.63) is 35.1 Å². The van der Waals surface area contributed by atoms with Crippen LogP contribution in [0.2, 0.25) is 0 Å². The maximum atomic E-state index is 13.5. The molecule has 0 aliphatic heterocycles. The highest BCUT2D eigenvalue weighted by Gasteiger charge is 2.21.